The molecule has 0 saturated carbocycles. The zero-order valence-corrected chi connectivity index (χ0v) is 18.9. The number of hydrogen-bond acceptors (Lipinski definition) is 7. The van der Waals surface area contributed by atoms with Crippen LogP contribution in [0.5, 0.6) is 5.75 Å². The third-order valence-electron chi connectivity index (χ3n) is 5.48. The lowest BCUT2D eigenvalue weighted by Crippen LogP contribution is -2.41. The Labute approximate surface area is 181 Å². The molecule has 0 bridgehead atoms. The number of benzene rings is 1. The molecule has 1 aromatic carbocycles. The van der Waals surface area contributed by atoms with Gasteiger partial charge >= 0.3 is 0 Å². The largest absolute Gasteiger partial charge is 0.484 e. The smallest absolute Gasteiger partial charge is 0.276 e. The number of nitrogens with zero attached hydrogens (tertiary/aromatic N) is 5. The van der Waals surface area contributed by atoms with Crippen molar-refractivity contribution in [2.24, 2.45) is 0 Å². The Morgan fingerprint density at radius 2 is 1.94 bits per heavy atom. The van der Waals surface area contributed by atoms with Crippen LogP contribution < -0.4 is 4.74 Å². The minimum absolute atomic E-state index is 0.114. The van der Waals surface area contributed by atoms with Gasteiger partial charge in [0.2, 0.25) is 0 Å². The first-order chi connectivity index (χ1) is 14.6. The van der Waals surface area contributed by atoms with Gasteiger partial charge in [-0.05, 0) is 44.5 Å². The number of carbonyl (C=O) groups excluding carboxylic acids is 2. The molecule has 2 aromatic rings. The van der Waals surface area contributed by atoms with Crippen LogP contribution in [0.2, 0.25) is 0 Å². The van der Waals surface area contributed by atoms with Crippen LogP contribution in [0.3, 0.4) is 0 Å². The number of aryl methyl sites for hydroxylation is 1. The monoisotopic (exact) mass is 449 g/mol. The summed E-state index contributed by atoms with van der Waals surface area (Å²) in [6, 6.07) is 5.82. The Morgan fingerprint density at radius 3 is 2.52 bits per heavy atom. The molecule has 0 aliphatic carbocycles. The average molecular weight is 450 g/mol. The van der Waals surface area contributed by atoms with Gasteiger partial charge in [0.15, 0.2) is 22.1 Å². The van der Waals surface area contributed by atoms with Gasteiger partial charge in [0.05, 0.1) is 16.6 Å². The summed E-state index contributed by atoms with van der Waals surface area (Å²) in [4.78, 5) is 28.8. The fourth-order valence-electron chi connectivity index (χ4n) is 3.50. The van der Waals surface area contributed by atoms with Gasteiger partial charge in [-0.3, -0.25) is 9.59 Å². The molecule has 11 heteroatoms. The van der Waals surface area contributed by atoms with Crippen molar-refractivity contribution in [2.75, 3.05) is 33.0 Å². The van der Waals surface area contributed by atoms with Gasteiger partial charge in [-0.2, -0.15) is 0 Å². The Balaban J connectivity index is 1.54. The van der Waals surface area contributed by atoms with E-state index in [0.717, 1.165) is 11.9 Å². The summed E-state index contributed by atoms with van der Waals surface area (Å²) in [5, 5.41) is 7.99. The molecule has 10 nitrogen and oxygen atoms in total. The first-order valence-corrected chi connectivity index (χ1v) is 11.9. The lowest BCUT2D eigenvalue weighted by atomic mass is 10.2. The molecular weight excluding hydrogens is 422 g/mol. The highest BCUT2D eigenvalue weighted by Gasteiger charge is 2.33. The molecule has 2 heterocycles. The molecule has 1 aliphatic rings. The highest BCUT2D eigenvalue weighted by atomic mass is 32.2. The fourth-order valence-corrected chi connectivity index (χ4v) is 4.13. The maximum atomic E-state index is 12.8. The molecule has 0 N–H and O–H groups in total. The predicted molar refractivity (Wildman–Crippen MR) is 113 cm³/mol. The lowest BCUT2D eigenvalue weighted by Gasteiger charge is -2.24. The molecule has 31 heavy (non-hydrogen) atoms. The summed E-state index contributed by atoms with van der Waals surface area (Å²) in [6.45, 7) is 5.17. The van der Waals surface area contributed by atoms with Crippen LogP contribution in [0.4, 0.5) is 0 Å². The van der Waals surface area contributed by atoms with E-state index in [1.54, 1.807) is 21.5 Å². The third-order valence-corrected chi connectivity index (χ3v) is 6.61. The molecule has 1 fully saturated rings. The highest BCUT2D eigenvalue weighted by Crippen LogP contribution is 2.19. The van der Waals surface area contributed by atoms with Crippen molar-refractivity contribution in [3.05, 3.63) is 35.7 Å². The number of rotatable bonds is 7. The molecule has 1 saturated heterocycles. The van der Waals surface area contributed by atoms with Crippen molar-refractivity contribution in [1.82, 2.24) is 24.8 Å². The molecule has 1 aliphatic heterocycles. The van der Waals surface area contributed by atoms with Gasteiger partial charge in [-0.1, -0.05) is 5.21 Å². The number of amides is 2. The van der Waals surface area contributed by atoms with Crippen LogP contribution in [-0.2, 0) is 21.2 Å². The summed E-state index contributed by atoms with van der Waals surface area (Å²) >= 11 is 0. The number of carbonyl (C=O) groups is 2. The number of ether oxygens (including phenoxy) is 1. The molecule has 0 radical (unpaired) electrons. The van der Waals surface area contributed by atoms with E-state index in [1.165, 1.54) is 24.3 Å². The molecule has 0 spiro atoms. The van der Waals surface area contributed by atoms with Crippen LogP contribution in [0.1, 0.15) is 29.5 Å². The van der Waals surface area contributed by atoms with E-state index >= 15 is 0 Å². The highest BCUT2D eigenvalue weighted by molar-refractivity contribution is 7.90. The van der Waals surface area contributed by atoms with E-state index in [-0.39, 0.29) is 29.4 Å². The number of hydrogen-bond donors (Lipinski definition) is 0. The third kappa shape index (κ3) is 5.04. The summed E-state index contributed by atoms with van der Waals surface area (Å²) in [6.07, 6.45) is 1.79. The van der Waals surface area contributed by atoms with Crippen LogP contribution in [0.15, 0.2) is 29.2 Å². The predicted octanol–water partition coefficient (Wildman–Crippen LogP) is 0.762. The first kappa shape index (κ1) is 22.7. The molecule has 2 amide bonds. The number of sulfone groups is 1. The summed E-state index contributed by atoms with van der Waals surface area (Å²) in [7, 11) is -1.57. The Bertz CT molecular complexity index is 1060. The maximum absolute atomic E-state index is 12.8. The second-order valence-corrected chi connectivity index (χ2v) is 9.59. The molecule has 1 unspecified atom stereocenters. The van der Waals surface area contributed by atoms with Crippen molar-refractivity contribution in [1.29, 1.82) is 0 Å². The van der Waals surface area contributed by atoms with Gasteiger partial charge in [0, 0.05) is 32.9 Å². The molecule has 168 valence electrons. The van der Waals surface area contributed by atoms with Gasteiger partial charge in [-0.15, -0.1) is 5.10 Å². The molecule has 1 atom stereocenters. The number of aromatic nitrogens is 3. The minimum atomic E-state index is -3.28. The normalized spacial score (nSPS) is 16.4. The van der Waals surface area contributed by atoms with Crippen LogP contribution in [0, 0.1) is 6.92 Å². The standard InChI is InChI=1S/C20H27N5O5S/c1-5-25-14(2)19(21-22-25)20(27)23(3)15-10-11-24(12-15)18(26)13-30-16-6-8-17(9-7-16)31(4,28)29/h6-9,15H,5,10-13H2,1-4H3. The average Bonchev–Trinajstić information content (AvgIpc) is 3.37. The summed E-state index contributed by atoms with van der Waals surface area (Å²) in [5.74, 6) is 0.0145. The maximum Gasteiger partial charge on any atom is 0.276 e. The van der Waals surface area contributed by atoms with Crippen molar-refractivity contribution in [2.45, 2.75) is 37.8 Å². The van der Waals surface area contributed by atoms with Gasteiger partial charge in [-0.25, -0.2) is 13.1 Å². The van der Waals surface area contributed by atoms with Crippen LogP contribution >= 0.6 is 0 Å². The molecular formula is C20H27N5O5S. The zero-order chi connectivity index (χ0) is 22.8. The van der Waals surface area contributed by atoms with E-state index in [2.05, 4.69) is 10.3 Å². The van der Waals surface area contributed by atoms with Crippen molar-refractivity contribution >= 4 is 21.7 Å². The van der Waals surface area contributed by atoms with E-state index in [1.807, 2.05) is 13.8 Å². The van der Waals surface area contributed by atoms with Gasteiger partial charge < -0.3 is 14.5 Å². The Hall–Kier alpha value is -2.95. The first-order valence-electron chi connectivity index (χ1n) is 9.99. The van der Waals surface area contributed by atoms with Crippen LogP contribution in [-0.4, -0.2) is 84.1 Å². The zero-order valence-electron chi connectivity index (χ0n) is 18.1. The number of likely N-dealkylation sites (tertiary alicyclic amines) is 1. The second-order valence-electron chi connectivity index (χ2n) is 7.57. The number of likely N-dealkylation sites (N-methyl/N-ethyl adjacent to an activating group) is 1. The van der Waals surface area contributed by atoms with Crippen LogP contribution in [0.25, 0.3) is 0 Å². The Kier molecular flexibility index (Phi) is 6.63. The SMILES string of the molecule is CCn1nnc(C(=O)N(C)C2CCN(C(=O)COc3ccc(S(C)(=O)=O)cc3)C2)c1C. The lowest BCUT2D eigenvalue weighted by molar-refractivity contribution is -0.132. The molecule has 1 aromatic heterocycles. The van der Waals surface area contributed by atoms with E-state index in [4.69, 9.17) is 4.74 Å². The van der Waals surface area contributed by atoms with E-state index < -0.39 is 9.84 Å². The topological polar surface area (TPSA) is 115 Å². The minimum Gasteiger partial charge on any atom is -0.484 e. The quantitative estimate of drug-likeness (QED) is 0.613. The van der Waals surface area contributed by atoms with Crippen molar-refractivity contribution in [3.63, 3.8) is 0 Å². The summed E-state index contributed by atoms with van der Waals surface area (Å²) in [5.41, 5.74) is 1.05. The fraction of sp³-hybridized carbons (Fsp3) is 0.500. The van der Waals surface area contributed by atoms with Gasteiger partial charge in [0.1, 0.15) is 5.75 Å². The van der Waals surface area contributed by atoms with Crippen molar-refractivity contribution in [3.8, 4) is 5.75 Å². The van der Waals surface area contributed by atoms with Gasteiger partial charge in [0.25, 0.3) is 11.8 Å². The second kappa shape index (κ2) is 9.04. The van der Waals surface area contributed by atoms with Crippen molar-refractivity contribution < 1.29 is 22.7 Å². The molecule has 3 rings (SSSR count). The van der Waals surface area contributed by atoms with E-state index in [0.29, 0.717) is 37.5 Å². The summed E-state index contributed by atoms with van der Waals surface area (Å²) < 4.78 is 30.2. The Morgan fingerprint density at radius 1 is 1.26 bits per heavy atom. The van der Waals surface area contributed by atoms with E-state index in [9.17, 15) is 18.0 Å².